The third-order valence-corrected chi connectivity index (χ3v) is 4.26. The van der Waals surface area contributed by atoms with E-state index in [0.717, 1.165) is 24.9 Å². The van der Waals surface area contributed by atoms with Crippen molar-refractivity contribution in [3.8, 4) is 0 Å². The van der Waals surface area contributed by atoms with E-state index >= 15 is 0 Å². The summed E-state index contributed by atoms with van der Waals surface area (Å²) in [5.41, 5.74) is 1.00. The second-order valence-corrected chi connectivity index (χ2v) is 6.29. The number of alkyl carbamates (subject to hydrolysis) is 1. The van der Waals surface area contributed by atoms with Gasteiger partial charge in [-0.2, -0.15) is 0 Å². The minimum atomic E-state index is -0.325. The van der Waals surface area contributed by atoms with E-state index in [9.17, 15) is 4.79 Å². The van der Waals surface area contributed by atoms with Gasteiger partial charge in [0.1, 0.15) is 6.61 Å². The maximum Gasteiger partial charge on any atom is 0.407 e. The summed E-state index contributed by atoms with van der Waals surface area (Å²) in [6.45, 7) is 3.49. The van der Waals surface area contributed by atoms with Crippen LogP contribution in [-0.4, -0.2) is 49.8 Å². The van der Waals surface area contributed by atoms with Crippen molar-refractivity contribution in [3.63, 3.8) is 0 Å². The van der Waals surface area contributed by atoms with Crippen LogP contribution in [0.25, 0.3) is 0 Å². The first kappa shape index (κ1) is 16.8. The highest BCUT2D eigenvalue weighted by Crippen LogP contribution is 2.20. The van der Waals surface area contributed by atoms with Crippen LogP contribution in [0.2, 0.25) is 0 Å². The van der Waals surface area contributed by atoms with Gasteiger partial charge < -0.3 is 20.3 Å². The summed E-state index contributed by atoms with van der Waals surface area (Å²) in [4.78, 5) is 13.9. The van der Waals surface area contributed by atoms with Crippen LogP contribution in [0, 0.1) is 0 Å². The number of hydrogen-bond acceptors (Lipinski definition) is 4. The van der Waals surface area contributed by atoms with Gasteiger partial charge in [0, 0.05) is 24.7 Å². The quantitative estimate of drug-likeness (QED) is 0.809. The Morgan fingerprint density at radius 1 is 1.27 bits per heavy atom. The summed E-state index contributed by atoms with van der Waals surface area (Å²) >= 11 is 0. The number of amides is 1. The van der Waals surface area contributed by atoms with E-state index < -0.39 is 0 Å². The van der Waals surface area contributed by atoms with E-state index in [-0.39, 0.29) is 12.1 Å². The highest BCUT2D eigenvalue weighted by atomic mass is 16.5. The minimum Gasteiger partial charge on any atom is -0.445 e. The van der Waals surface area contributed by atoms with Crippen molar-refractivity contribution >= 4 is 6.09 Å². The summed E-state index contributed by atoms with van der Waals surface area (Å²) in [7, 11) is 4.17. The molecule has 1 aromatic carbocycles. The van der Waals surface area contributed by atoms with E-state index in [1.54, 1.807) is 0 Å². The number of hydrogen-bond donors (Lipinski definition) is 2. The Kier molecular flexibility index (Phi) is 6.21. The lowest BCUT2D eigenvalue weighted by Gasteiger charge is -2.37. The van der Waals surface area contributed by atoms with Gasteiger partial charge in [0.25, 0.3) is 0 Å². The molecule has 122 valence electrons. The van der Waals surface area contributed by atoms with Gasteiger partial charge in [-0.25, -0.2) is 4.79 Å². The normalized spacial score (nSPS) is 22.0. The van der Waals surface area contributed by atoms with Gasteiger partial charge in [0.05, 0.1) is 0 Å². The van der Waals surface area contributed by atoms with Gasteiger partial charge in [-0.1, -0.05) is 30.3 Å². The van der Waals surface area contributed by atoms with Gasteiger partial charge in [-0.05, 0) is 39.4 Å². The van der Waals surface area contributed by atoms with E-state index in [0.29, 0.717) is 18.7 Å². The summed E-state index contributed by atoms with van der Waals surface area (Å²) in [5, 5.41) is 6.44. The lowest BCUT2D eigenvalue weighted by Crippen LogP contribution is -2.54. The Morgan fingerprint density at radius 3 is 2.59 bits per heavy atom. The Morgan fingerprint density at radius 2 is 1.95 bits per heavy atom. The Balaban J connectivity index is 1.56. The smallest absolute Gasteiger partial charge is 0.407 e. The minimum absolute atomic E-state index is 0.232. The molecular formula is C17H27N3O2. The Labute approximate surface area is 133 Å². The lowest BCUT2D eigenvalue weighted by atomic mass is 9.87. The van der Waals surface area contributed by atoms with Crippen LogP contribution in [0.4, 0.5) is 4.79 Å². The number of ether oxygens (including phenoxy) is 1. The number of likely N-dealkylation sites (N-methyl/N-ethyl adjacent to an activating group) is 1. The van der Waals surface area contributed by atoms with Gasteiger partial charge >= 0.3 is 6.09 Å². The Hall–Kier alpha value is -1.59. The highest BCUT2D eigenvalue weighted by Gasteiger charge is 2.30. The van der Waals surface area contributed by atoms with Crippen molar-refractivity contribution in [2.24, 2.45) is 0 Å². The number of benzene rings is 1. The zero-order valence-corrected chi connectivity index (χ0v) is 13.7. The predicted octanol–water partition coefficient (Wildman–Crippen LogP) is 1.98. The summed E-state index contributed by atoms with van der Waals surface area (Å²) in [6.07, 6.45) is 1.62. The van der Waals surface area contributed by atoms with Gasteiger partial charge in [-0.3, -0.25) is 0 Å². The molecule has 0 aliphatic heterocycles. The van der Waals surface area contributed by atoms with Crippen molar-refractivity contribution in [3.05, 3.63) is 35.9 Å². The molecule has 0 bridgehead atoms. The van der Waals surface area contributed by atoms with Crippen LogP contribution >= 0.6 is 0 Å². The molecule has 5 heteroatoms. The first-order valence-electron chi connectivity index (χ1n) is 7.91. The molecule has 0 radical (unpaired) electrons. The molecule has 1 amide bonds. The number of carbonyl (C=O) groups excluding carboxylic acids is 1. The number of carbonyl (C=O) groups is 1. The Bertz CT molecular complexity index is 458. The van der Waals surface area contributed by atoms with Crippen molar-refractivity contribution < 1.29 is 9.53 Å². The molecule has 22 heavy (non-hydrogen) atoms. The largest absolute Gasteiger partial charge is 0.445 e. The predicted molar refractivity (Wildman–Crippen MR) is 87.7 cm³/mol. The second kappa shape index (κ2) is 8.15. The maximum atomic E-state index is 11.7. The molecule has 0 heterocycles. The van der Waals surface area contributed by atoms with Gasteiger partial charge in [-0.15, -0.1) is 0 Å². The van der Waals surface area contributed by atoms with E-state index in [4.69, 9.17) is 4.74 Å². The van der Waals surface area contributed by atoms with Crippen molar-refractivity contribution in [2.45, 2.75) is 44.5 Å². The fourth-order valence-electron chi connectivity index (χ4n) is 2.35. The topological polar surface area (TPSA) is 53.6 Å². The molecule has 2 rings (SSSR count). The molecule has 0 aromatic heterocycles. The molecule has 1 aliphatic carbocycles. The first-order chi connectivity index (χ1) is 10.5. The van der Waals surface area contributed by atoms with Crippen LogP contribution < -0.4 is 10.6 Å². The molecule has 0 saturated heterocycles. The molecule has 0 spiro atoms. The third kappa shape index (κ3) is 5.31. The monoisotopic (exact) mass is 305 g/mol. The first-order valence-corrected chi connectivity index (χ1v) is 7.91. The van der Waals surface area contributed by atoms with Crippen LogP contribution in [0.15, 0.2) is 30.3 Å². The molecule has 1 saturated carbocycles. The summed E-state index contributed by atoms with van der Waals surface area (Å²) in [5.74, 6) is 0. The average Bonchev–Trinajstić information content (AvgIpc) is 2.47. The lowest BCUT2D eigenvalue weighted by molar-refractivity contribution is 0.124. The molecule has 1 aliphatic rings. The van der Waals surface area contributed by atoms with Gasteiger partial charge in [0.2, 0.25) is 0 Å². The van der Waals surface area contributed by atoms with Crippen LogP contribution in [0.5, 0.6) is 0 Å². The molecular weight excluding hydrogens is 278 g/mol. The molecule has 1 fully saturated rings. The van der Waals surface area contributed by atoms with E-state index in [2.05, 4.69) is 36.6 Å². The fraction of sp³-hybridized carbons (Fsp3) is 0.588. The van der Waals surface area contributed by atoms with Crippen LogP contribution in [0.1, 0.15) is 25.3 Å². The summed E-state index contributed by atoms with van der Waals surface area (Å²) < 4.78 is 5.22. The highest BCUT2D eigenvalue weighted by molar-refractivity contribution is 5.67. The van der Waals surface area contributed by atoms with Crippen LogP contribution in [0.3, 0.4) is 0 Å². The molecule has 1 unspecified atom stereocenters. The number of nitrogens with zero attached hydrogens (tertiary/aromatic N) is 1. The molecule has 5 nitrogen and oxygen atoms in total. The molecule has 2 N–H and O–H groups in total. The van der Waals surface area contributed by atoms with Crippen LogP contribution in [-0.2, 0) is 11.3 Å². The van der Waals surface area contributed by atoms with Crippen molar-refractivity contribution in [1.29, 1.82) is 0 Å². The number of nitrogens with one attached hydrogen (secondary N) is 2. The molecule has 1 aromatic rings. The standard InChI is InChI=1S/C17H27N3O2/c1-13(20(2)3)11-18-15-9-16(10-15)19-17(21)22-12-14-7-5-4-6-8-14/h4-8,13,15-16,18H,9-12H2,1-3H3,(H,19,21). The van der Waals surface area contributed by atoms with Crippen molar-refractivity contribution in [1.82, 2.24) is 15.5 Å². The maximum absolute atomic E-state index is 11.7. The SMILES string of the molecule is CC(CNC1CC(NC(=O)OCc2ccccc2)C1)N(C)C. The zero-order valence-electron chi connectivity index (χ0n) is 13.7. The fourth-order valence-corrected chi connectivity index (χ4v) is 2.35. The average molecular weight is 305 g/mol. The second-order valence-electron chi connectivity index (χ2n) is 6.29. The van der Waals surface area contributed by atoms with E-state index in [1.165, 1.54) is 0 Å². The third-order valence-electron chi connectivity index (χ3n) is 4.26. The molecule has 1 atom stereocenters. The van der Waals surface area contributed by atoms with Crippen molar-refractivity contribution in [2.75, 3.05) is 20.6 Å². The van der Waals surface area contributed by atoms with E-state index in [1.807, 2.05) is 30.3 Å². The van der Waals surface area contributed by atoms with Gasteiger partial charge in [0.15, 0.2) is 0 Å². The zero-order chi connectivity index (χ0) is 15.9. The number of rotatable bonds is 7. The summed E-state index contributed by atoms with van der Waals surface area (Å²) in [6, 6.07) is 11.0.